The summed E-state index contributed by atoms with van der Waals surface area (Å²) < 4.78 is 18.4. The quantitative estimate of drug-likeness (QED) is 0.900. The van der Waals surface area contributed by atoms with E-state index in [2.05, 4.69) is 15.2 Å². The third-order valence-corrected chi connectivity index (χ3v) is 4.30. The van der Waals surface area contributed by atoms with Crippen LogP contribution in [0.3, 0.4) is 0 Å². The number of nitrogens with zero attached hydrogens (tertiary/aromatic N) is 2. The molecule has 3 atom stereocenters. The van der Waals surface area contributed by atoms with Crippen LogP contribution in [-0.2, 0) is 0 Å². The number of halogens is 1. The van der Waals surface area contributed by atoms with E-state index < -0.39 is 5.82 Å². The highest BCUT2D eigenvalue weighted by molar-refractivity contribution is 5.95. The number of hydrogen-bond donors (Lipinski definition) is 1. The number of nitrogens with one attached hydrogen (secondary N) is 1. The first kappa shape index (κ1) is 11.8. The van der Waals surface area contributed by atoms with Gasteiger partial charge in [-0.2, -0.15) is 0 Å². The molecule has 0 aromatic carbocycles. The van der Waals surface area contributed by atoms with Gasteiger partial charge in [0.25, 0.3) is 5.91 Å². The van der Waals surface area contributed by atoms with Crippen LogP contribution in [0.2, 0.25) is 0 Å². The van der Waals surface area contributed by atoms with Crippen molar-refractivity contribution in [3.8, 4) is 0 Å². The molecule has 20 heavy (non-hydrogen) atoms. The summed E-state index contributed by atoms with van der Waals surface area (Å²) in [5, 5.41) is 3.30. The molecule has 1 amide bonds. The highest BCUT2D eigenvalue weighted by Gasteiger charge is 2.38. The van der Waals surface area contributed by atoms with Gasteiger partial charge in [-0.15, -0.1) is 0 Å². The lowest BCUT2D eigenvalue weighted by Gasteiger charge is -2.22. The number of piperidine rings is 1. The zero-order chi connectivity index (χ0) is 13.7. The van der Waals surface area contributed by atoms with Crippen molar-refractivity contribution in [2.45, 2.75) is 12.5 Å². The third kappa shape index (κ3) is 1.79. The molecule has 2 saturated heterocycles. The van der Waals surface area contributed by atoms with Crippen molar-refractivity contribution in [2.24, 2.45) is 5.92 Å². The molecule has 0 aliphatic carbocycles. The number of aromatic nitrogens is 1. The van der Waals surface area contributed by atoms with Crippen molar-refractivity contribution in [1.82, 2.24) is 15.2 Å². The lowest BCUT2D eigenvalue weighted by atomic mass is 10.00. The zero-order valence-corrected chi connectivity index (χ0v) is 10.8. The van der Waals surface area contributed by atoms with Crippen LogP contribution in [0.15, 0.2) is 22.9 Å². The second kappa shape index (κ2) is 4.28. The van der Waals surface area contributed by atoms with Crippen molar-refractivity contribution in [1.29, 1.82) is 0 Å². The Morgan fingerprint density at radius 2 is 2.40 bits per heavy atom. The minimum atomic E-state index is -0.470. The molecule has 2 bridgehead atoms. The average Bonchev–Trinajstić information content (AvgIpc) is 3.15. The molecule has 104 valence electrons. The van der Waals surface area contributed by atoms with Crippen molar-refractivity contribution in [3.05, 3.63) is 30.0 Å². The van der Waals surface area contributed by atoms with Gasteiger partial charge in [0.15, 0.2) is 11.4 Å². The van der Waals surface area contributed by atoms with E-state index in [0.29, 0.717) is 16.9 Å². The number of furan rings is 1. The van der Waals surface area contributed by atoms with Crippen molar-refractivity contribution >= 4 is 16.9 Å². The molecule has 6 heteroatoms. The van der Waals surface area contributed by atoms with E-state index in [4.69, 9.17) is 4.42 Å². The number of carbonyl (C=O) groups is 1. The fraction of sp³-hybridized carbons (Fsp3) is 0.429. The standard InChI is InChI=1S/C14H14FN3O2/c15-10-7-20-13-4-16-11(3-9(10)13)14(19)17-12-6-18-2-1-8(12)5-18/h3-4,7-8,12H,1-2,5-6H2,(H,17,19)/t8-,12?/m0/s1. The third-order valence-electron chi connectivity index (χ3n) is 4.30. The number of carbonyl (C=O) groups excluding carboxylic acids is 1. The van der Waals surface area contributed by atoms with E-state index in [1.165, 1.54) is 12.3 Å². The van der Waals surface area contributed by atoms with Gasteiger partial charge in [-0.25, -0.2) is 9.37 Å². The van der Waals surface area contributed by atoms with Crippen molar-refractivity contribution in [3.63, 3.8) is 0 Å². The van der Waals surface area contributed by atoms with Crippen molar-refractivity contribution in [2.75, 3.05) is 19.6 Å². The summed E-state index contributed by atoms with van der Waals surface area (Å²) in [6.45, 7) is 3.09. The first-order valence-electron chi connectivity index (χ1n) is 6.76. The molecule has 0 spiro atoms. The summed E-state index contributed by atoms with van der Waals surface area (Å²) in [6.07, 6.45) is 3.54. The maximum Gasteiger partial charge on any atom is 0.270 e. The summed E-state index contributed by atoms with van der Waals surface area (Å²) in [7, 11) is 0. The largest absolute Gasteiger partial charge is 0.460 e. The Kier molecular flexibility index (Phi) is 2.53. The Balaban J connectivity index is 1.56. The fourth-order valence-electron chi connectivity index (χ4n) is 3.22. The molecule has 0 saturated carbocycles. The van der Waals surface area contributed by atoms with Gasteiger partial charge < -0.3 is 14.6 Å². The van der Waals surface area contributed by atoms with E-state index in [0.717, 1.165) is 32.3 Å². The second-order valence-electron chi connectivity index (χ2n) is 5.54. The van der Waals surface area contributed by atoms with E-state index in [-0.39, 0.29) is 17.6 Å². The van der Waals surface area contributed by atoms with Crippen LogP contribution in [0.4, 0.5) is 4.39 Å². The molecule has 5 nitrogen and oxygen atoms in total. The molecule has 2 aromatic rings. The van der Waals surface area contributed by atoms with Crippen molar-refractivity contribution < 1.29 is 13.6 Å². The normalized spacial score (nSPS) is 28.1. The van der Waals surface area contributed by atoms with Gasteiger partial charge in [-0.3, -0.25) is 4.79 Å². The predicted octanol–water partition coefficient (Wildman–Crippen LogP) is 1.40. The van der Waals surface area contributed by atoms with Gasteiger partial charge >= 0.3 is 0 Å². The smallest absolute Gasteiger partial charge is 0.270 e. The summed E-state index contributed by atoms with van der Waals surface area (Å²) in [4.78, 5) is 18.6. The number of amides is 1. The maximum absolute atomic E-state index is 13.5. The zero-order valence-electron chi connectivity index (χ0n) is 10.8. The van der Waals surface area contributed by atoms with Crippen LogP contribution in [0.1, 0.15) is 16.9 Å². The van der Waals surface area contributed by atoms with Crippen LogP contribution in [0, 0.1) is 11.7 Å². The van der Waals surface area contributed by atoms with Crippen LogP contribution < -0.4 is 5.32 Å². The van der Waals surface area contributed by atoms with Crippen LogP contribution >= 0.6 is 0 Å². The Bertz CT molecular complexity index is 684. The first-order chi connectivity index (χ1) is 9.70. The highest BCUT2D eigenvalue weighted by atomic mass is 19.1. The van der Waals surface area contributed by atoms with E-state index in [9.17, 15) is 9.18 Å². The lowest BCUT2D eigenvalue weighted by Crippen LogP contribution is -2.43. The predicted molar refractivity (Wildman–Crippen MR) is 69.8 cm³/mol. The number of fused-ring (bicyclic) bond motifs is 3. The summed E-state index contributed by atoms with van der Waals surface area (Å²) in [5.41, 5.74) is 0.584. The van der Waals surface area contributed by atoms with Gasteiger partial charge in [0.2, 0.25) is 0 Å². The summed E-state index contributed by atoms with van der Waals surface area (Å²) in [6, 6.07) is 1.62. The van der Waals surface area contributed by atoms with Gasteiger partial charge in [-0.05, 0) is 24.9 Å². The van der Waals surface area contributed by atoms with E-state index in [1.807, 2.05) is 0 Å². The van der Waals surface area contributed by atoms with E-state index in [1.54, 1.807) is 0 Å². The molecule has 2 unspecified atom stereocenters. The molecular weight excluding hydrogens is 261 g/mol. The lowest BCUT2D eigenvalue weighted by molar-refractivity contribution is 0.0919. The molecule has 2 fully saturated rings. The summed E-state index contributed by atoms with van der Waals surface area (Å²) >= 11 is 0. The van der Waals surface area contributed by atoms with Gasteiger partial charge in [0, 0.05) is 19.1 Å². The molecule has 1 N–H and O–H groups in total. The molecule has 0 radical (unpaired) electrons. The average molecular weight is 275 g/mol. The Morgan fingerprint density at radius 1 is 1.50 bits per heavy atom. The van der Waals surface area contributed by atoms with E-state index >= 15 is 0 Å². The minimum absolute atomic E-state index is 0.183. The van der Waals surface area contributed by atoms with Crippen LogP contribution in [0.25, 0.3) is 11.0 Å². The van der Waals surface area contributed by atoms with Gasteiger partial charge in [-0.1, -0.05) is 0 Å². The Morgan fingerprint density at radius 3 is 3.15 bits per heavy atom. The first-order valence-corrected chi connectivity index (χ1v) is 6.76. The molecule has 2 aromatic heterocycles. The summed E-state index contributed by atoms with van der Waals surface area (Å²) in [5.74, 6) is -0.179. The van der Waals surface area contributed by atoms with Crippen LogP contribution in [0.5, 0.6) is 0 Å². The number of hydrogen-bond acceptors (Lipinski definition) is 4. The molecular formula is C14H14FN3O2. The van der Waals surface area contributed by atoms with Crippen LogP contribution in [-0.4, -0.2) is 41.5 Å². The van der Waals surface area contributed by atoms with Gasteiger partial charge in [0.05, 0.1) is 11.6 Å². The Hall–Kier alpha value is -1.95. The SMILES string of the molecule is O=C(NC1CN2CC[C@H]1C2)c1cc2c(F)coc2cn1. The maximum atomic E-state index is 13.5. The fourth-order valence-corrected chi connectivity index (χ4v) is 3.22. The molecule has 2 aliphatic heterocycles. The monoisotopic (exact) mass is 275 g/mol. The second-order valence-corrected chi connectivity index (χ2v) is 5.54. The topological polar surface area (TPSA) is 58.4 Å². The molecule has 2 aliphatic rings. The Labute approximate surface area is 114 Å². The minimum Gasteiger partial charge on any atom is -0.460 e. The highest BCUT2D eigenvalue weighted by Crippen LogP contribution is 2.28. The number of pyridine rings is 1. The molecule has 4 heterocycles. The molecule has 4 rings (SSSR count). The number of rotatable bonds is 2. The van der Waals surface area contributed by atoms with Gasteiger partial charge in [0.1, 0.15) is 12.0 Å².